The van der Waals surface area contributed by atoms with Crippen molar-refractivity contribution in [2.24, 2.45) is 4.99 Å². The smallest absolute Gasteiger partial charge is 0.191 e. The Bertz CT molecular complexity index is 610. The van der Waals surface area contributed by atoms with Crippen LogP contribution in [-0.4, -0.2) is 42.3 Å². The largest absolute Gasteiger partial charge is 0.385 e. The third kappa shape index (κ3) is 6.42. The molecule has 1 aromatic heterocycles. The summed E-state index contributed by atoms with van der Waals surface area (Å²) in [6.07, 6.45) is 6.56. The second-order valence-corrected chi connectivity index (χ2v) is 5.52. The normalized spacial score (nSPS) is 11.5. The minimum absolute atomic E-state index is 0.650. The predicted molar refractivity (Wildman–Crippen MR) is 97.1 cm³/mol. The molecular formula is C18H27N5O. The molecule has 2 rings (SSSR count). The van der Waals surface area contributed by atoms with Crippen molar-refractivity contribution in [1.29, 1.82) is 0 Å². The van der Waals surface area contributed by atoms with Crippen LogP contribution in [0.5, 0.6) is 0 Å². The van der Waals surface area contributed by atoms with Crippen LogP contribution in [0.3, 0.4) is 0 Å². The minimum atomic E-state index is 0.650. The summed E-state index contributed by atoms with van der Waals surface area (Å²) >= 11 is 0. The van der Waals surface area contributed by atoms with Gasteiger partial charge in [0.1, 0.15) is 0 Å². The molecule has 2 aromatic rings. The fourth-order valence-electron chi connectivity index (χ4n) is 2.35. The quantitative estimate of drug-likeness (QED) is 0.420. The highest BCUT2D eigenvalue weighted by molar-refractivity contribution is 5.79. The predicted octanol–water partition coefficient (Wildman–Crippen LogP) is 2.02. The number of rotatable bonds is 9. The molecule has 0 unspecified atom stereocenters. The lowest BCUT2D eigenvalue weighted by Crippen LogP contribution is -2.38. The maximum absolute atomic E-state index is 5.06. The molecule has 0 aliphatic carbocycles. The Kier molecular flexibility index (Phi) is 7.83. The lowest BCUT2D eigenvalue weighted by molar-refractivity contribution is 0.195. The van der Waals surface area contributed by atoms with Crippen LogP contribution in [0, 0.1) is 0 Å². The fraction of sp³-hybridized carbons (Fsp3) is 0.444. The standard InChI is InChI=1S/C18H27N5O/c1-3-20-18(21-8-5-11-24-2)22-13-16-6-4-7-17(12-16)14-23-10-9-19-15-23/h4,6-7,9-10,12,15H,3,5,8,11,13-14H2,1-2H3,(H2,20,21,22). The van der Waals surface area contributed by atoms with E-state index in [0.717, 1.165) is 38.6 Å². The Morgan fingerprint density at radius 3 is 2.92 bits per heavy atom. The molecule has 0 saturated carbocycles. The molecule has 0 spiro atoms. The Balaban J connectivity index is 1.92. The summed E-state index contributed by atoms with van der Waals surface area (Å²) in [4.78, 5) is 8.73. The van der Waals surface area contributed by atoms with Gasteiger partial charge in [0, 0.05) is 45.7 Å². The molecule has 2 N–H and O–H groups in total. The average molecular weight is 329 g/mol. The van der Waals surface area contributed by atoms with Crippen LogP contribution in [0.15, 0.2) is 48.0 Å². The molecule has 0 amide bonds. The van der Waals surface area contributed by atoms with E-state index in [4.69, 9.17) is 4.74 Å². The number of methoxy groups -OCH3 is 1. The van der Waals surface area contributed by atoms with Gasteiger partial charge in [-0.1, -0.05) is 24.3 Å². The molecule has 0 saturated heterocycles. The first-order valence-electron chi connectivity index (χ1n) is 8.36. The zero-order valence-corrected chi connectivity index (χ0v) is 14.5. The van der Waals surface area contributed by atoms with Gasteiger partial charge in [-0.2, -0.15) is 0 Å². The number of hydrogen-bond donors (Lipinski definition) is 2. The van der Waals surface area contributed by atoms with Crippen LogP contribution >= 0.6 is 0 Å². The molecule has 24 heavy (non-hydrogen) atoms. The molecule has 0 fully saturated rings. The molecule has 1 aromatic carbocycles. The number of aromatic nitrogens is 2. The van der Waals surface area contributed by atoms with E-state index in [-0.39, 0.29) is 0 Å². The molecule has 130 valence electrons. The number of ether oxygens (including phenoxy) is 1. The van der Waals surface area contributed by atoms with Gasteiger partial charge in [-0.05, 0) is 24.5 Å². The Labute approximate surface area is 144 Å². The van der Waals surface area contributed by atoms with Crippen molar-refractivity contribution in [1.82, 2.24) is 20.2 Å². The monoisotopic (exact) mass is 329 g/mol. The topological polar surface area (TPSA) is 63.5 Å². The number of nitrogens with zero attached hydrogens (tertiary/aromatic N) is 3. The lowest BCUT2D eigenvalue weighted by Gasteiger charge is -2.11. The highest BCUT2D eigenvalue weighted by atomic mass is 16.5. The van der Waals surface area contributed by atoms with Crippen molar-refractivity contribution in [2.75, 3.05) is 26.8 Å². The van der Waals surface area contributed by atoms with Crippen molar-refractivity contribution in [3.63, 3.8) is 0 Å². The summed E-state index contributed by atoms with van der Waals surface area (Å²) in [5, 5.41) is 6.59. The summed E-state index contributed by atoms with van der Waals surface area (Å²) in [7, 11) is 1.72. The minimum Gasteiger partial charge on any atom is -0.385 e. The molecule has 0 radical (unpaired) electrons. The van der Waals surface area contributed by atoms with Gasteiger partial charge in [0.25, 0.3) is 0 Å². The van der Waals surface area contributed by atoms with Crippen LogP contribution in [0.2, 0.25) is 0 Å². The van der Waals surface area contributed by atoms with Crippen molar-refractivity contribution in [3.8, 4) is 0 Å². The number of benzene rings is 1. The van der Waals surface area contributed by atoms with Crippen molar-refractivity contribution < 1.29 is 4.74 Å². The van der Waals surface area contributed by atoms with Gasteiger partial charge in [-0.25, -0.2) is 9.98 Å². The van der Waals surface area contributed by atoms with E-state index in [9.17, 15) is 0 Å². The van der Waals surface area contributed by atoms with E-state index < -0.39 is 0 Å². The molecule has 6 nitrogen and oxygen atoms in total. The summed E-state index contributed by atoms with van der Waals surface area (Å²) < 4.78 is 7.12. The van der Waals surface area contributed by atoms with Crippen molar-refractivity contribution in [2.45, 2.75) is 26.4 Å². The van der Waals surface area contributed by atoms with Crippen LogP contribution in [0.25, 0.3) is 0 Å². The van der Waals surface area contributed by atoms with E-state index in [1.165, 1.54) is 11.1 Å². The number of nitrogens with one attached hydrogen (secondary N) is 2. The Hall–Kier alpha value is -2.34. The lowest BCUT2D eigenvalue weighted by atomic mass is 10.1. The van der Waals surface area contributed by atoms with Gasteiger partial charge in [0.05, 0.1) is 12.9 Å². The second kappa shape index (κ2) is 10.4. The highest BCUT2D eigenvalue weighted by Gasteiger charge is 2.00. The molecule has 0 aliphatic heterocycles. The molecule has 0 aliphatic rings. The van der Waals surface area contributed by atoms with Crippen molar-refractivity contribution in [3.05, 3.63) is 54.1 Å². The molecule has 0 bridgehead atoms. The SMILES string of the molecule is CCNC(=NCc1cccc(Cn2ccnc2)c1)NCCCOC. The van der Waals surface area contributed by atoms with Crippen LogP contribution in [0.1, 0.15) is 24.5 Å². The van der Waals surface area contributed by atoms with Gasteiger partial charge in [0.2, 0.25) is 0 Å². The number of aliphatic imine (C=N–C) groups is 1. The van der Waals surface area contributed by atoms with E-state index in [1.54, 1.807) is 13.3 Å². The molecule has 6 heteroatoms. The first kappa shape index (κ1) is 18.0. The van der Waals surface area contributed by atoms with Crippen LogP contribution in [0.4, 0.5) is 0 Å². The number of guanidine groups is 1. The summed E-state index contributed by atoms with van der Waals surface area (Å²) in [6, 6.07) is 8.50. The van der Waals surface area contributed by atoms with Crippen molar-refractivity contribution >= 4 is 5.96 Å². The zero-order valence-electron chi connectivity index (χ0n) is 14.5. The summed E-state index contributed by atoms with van der Waals surface area (Å²) in [5.41, 5.74) is 2.44. The number of imidazole rings is 1. The highest BCUT2D eigenvalue weighted by Crippen LogP contribution is 2.08. The van der Waals surface area contributed by atoms with Gasteiger partial charge < -0.3 is 19.9 Å². The third-order valence-electron chi connectivity index (χ3n) is 3.50. The van der Waals surface area contributed by atoms with E-state index in [0.29, 0.717) is 6.54 Å². The van der Waals surface area contributed by atoms with Gasteiger partial charge in [-0.3, -0.25) is 0 Å². The Morgan fingerprint density at radius 1 is 1.29 bits per heavy atom. The van der Waals surface area contributed by atoms with Gasteiger partial charge in [-0.15, -0.1) is 0 Å². The Morgan fingerprint density at radius 2 is 2.17 bits per heavy atom. The van der Waals surface area contributed by atoms with E-state index in [2.05, 4.69) is 56.4 Å². The zero-order chi connectivity index (χ0) is 17.0. The maximum Gasteiger partial charge on any atom is 0.191 e. The summed E-state index contributed by atoms with van der Waals surface area (Å²) in [6.45, 7) is 5.99. The molecule has 0 atom stereocenters. The third-order valence-corrected chi connectivity index (χ3v) is 3.50. The van der Waals surface area contributed by atoms with E-state index >= 15 is 0 Å². The first-order chi connectivity index (χ1) is 11.8. The average Bonchev–Trinajstić information content (AvgIpc) is 3.10. The van der Waals surface area contributed by atoms with E-state index in [1.807, 2.05) is 12.5 Å². The maximum atomic E-state index is 5.06. The summed E-state index contributed by atoms with van der Waals surface area (Å²) in [5.74, 6) is 0.841. The fourth-order valence-corrected chi connectivity index (χ4v) is 2.35. The van der Waals surface area contributed by atoms with Crippen LogP contribution in [-0.2, 0) is 17.8 Å². The molecular weight excluding hydrogens is 302 g/mol. The second-order valence-electron chi connectivity index (χ2n) is 5.52. The van der Waals surface area contributed by atoms with Gasteiger partial charge in [0.15, 0.2) is 5.96 Å². The van der Waals surface area contributed by atoms with Crippen LogP contribution < -0.4 is 10.6 Å². The van der Waals surface area contributed by atoms with Gasteiger partial charge >= 0.3 is 0 Å². The number of hydrogen-bond acceptors (Lipinski definition) is 3. The molecule has 1 heterocycles. The first-order valence-corrected chi connectivity index (χ1v) is 8.36.